The molecule has 124 valence electrons. The zero-order chi connectivity index (χ0) is 17.5. The van der Waals surface area contributed by atoms with E-state index in [-0.39, 0.29) is 5.28 Å². The third-order valence-corrected chi connectivity index (χ3v) is 4.45. The summed E-state index contributed by atoms with van der Waals surface area (Å²) >= 11 is 6.21. The maximum atomic E-state index is 6.21. The molecule has 26 heavy (non-hydrogen) atoms. The molecule has 0 aliphatic carbocycles. The number of furan rings is 1. The molecule has 5 rings (SSSR count). The smallest absolute Gasteiger partial charge is 0.226 e. The molecule has 0 fully saturated rings. The van der Waals surface area contributed by atoms with Gasteiger partial charge in [-0.1, -0.05) is 60.7 Å². The normalized spacial score (nSPS) is 11.3. The molecular weight excluding hydrogens is 346 g/mol. The maximum Gasteiger partial charge on any atom is 0.226 e. The lowest BCUT2D eigenvalue weighted by Crippen LogP contribution is -1.97. The Labute approximate surface area is 154 Å². The van der Waals surface area contributed by atoms with Crippen LogP contribution >= 0.6 is 11.6 Å². The summed E-state index contributed by atoms with van der Waals surface area (Å²) in [5.41, 5.74) is 3.39. The highest BCUT2D eigenvalue weighted by molar-refractivity contribution is 6.28. The van der Waals surface area contributed by atoms with E-state index in [1.807, 2.05) is 72.8 Å². The van der Waals surface area contributed by atoms with Gasteiger partial charge in [0, 0.05) is 21.9 Å². The van der Waals surface area contributed by atoms with Gasteiger partial charge in [0.25, 0.3) is 0 Å². The van der Waals surface area contributed by atoms with Crippen molar-refractivity contribution < 1.29 is 4.42 Å². The van der Waals surface area contributed by atoms with Gasteiger partial charge in [-0.3, -0.25) is 0 Å². The van der Waals surface area contributed by atoms with Crippen LogP contribution in [0.3, 0.4) is 0 Å². The number of hydrogen-bond donors (Lipinski definition) is 0. The van der Waals surface area contributed by atoms with Crippen LogP contribution in [-0.2, 0) is 0 Å². The van der Waals surface area contributed by atoms with Gasteiger partial charge in [0.1, 0.15) is 11.2 Å². The molecule has 2 heterocycles. The molecule has 5 heteroatoms. The number of aromatic nitrogens is 3. The molecule has 0 amide bonds. The van der Waals surface area contributed by atoms with Gasteiger partial charge in [0.15, 0.2) is 11.6 Å². The highest BCUT2D eigenvalue weighted by Crippen LogP contribution is 2.35. The van der Waals surface area contributed by atoms with Crippen molar-refractivity contribution in [1.29, 1.82) is 0 Å². The zero-order valence-electron chi connectivity index (χ0n) is 13.6. The molecule has 0 saturated carbocycles. The lowest BCUT2D eigenvalue weighted by molar-refractivity contribution is 0.669. The lowest BCUT2D eigenvalue weighted by atomic mass is 10.1. The zero-order valence-corrected chi connectivity index (χ0v) is 14.3. The molecule has 2 aromatic heterocycles. The van der Waals surface area contributed by atoms with Crippen LogP contribution in [0.1, 0.15) is 0 Å². The van der Waals surface area contributed by atoms with E-state index in [0.717, 1.165) is 33.1 Å². The average molecular weight is 358 g/mol. The Morgan fingerprint density at radius 3 is 2.27 bits per heavy atom. The number of hydrogen-bond acceptors (Lipinski definition) is 4. The first-order chi connectivity index (χ1) is 12.8. The second kappa shape index (κ2) is 5.93. The van der Waals surface area contributed by atoms with Crippen LogP contribution in [0.5, 0.6) is 0 Å². The first-order valence-corrected chi connectivity index (χ1v) is 8.55. The van der Waals surface area contributed by atoms with E-state index in [0.29, 0.717) is 11.6 Å². The van der Waals surface area contributed by atoms with Crippen molar-refractivity contribution in [3.8, 4) is 22.8 Å². The van der Waals surface area contributed by atoms with Crippen molar-refractivity contribution in [3.05, 3.63) is 78.1 Å². The molecule has 0 atom stereocenters. The fraction of sp³-hybridized carbons (Fsp3) is 0. The summed E-state index contributed by atoms with van der Waals surface area (Å²) < 4.78 is 5.96. The third kappa shape index (κ3) is 2.43. The van der Waals surface area contributed by atoms with Crippen molar-refractivity contribution >= 4 is 33.5 Å². The van der Waals surface area contributed by atoms with Crippen molar-refractivity contribution in [2.75, 3.05) is 0 Å². The van der Waals surface area contributed by atoms with E-state index >= 15 is 0 Å². The first kappa shape index (κ1) is 15.0. The molecule has 0 N–H and O–H groups in total. The molecule has 0 saturated heterocycles. The van der Waals surface area contributed by atoms with Gasteiger partial charge in [-0.15, -0.1) is 0 Å². The van der Waals surface area contributed by atoms with Crippen molar-refractivity contribution in [2.45, 2.75) is 0 Å². The monoisotopic (exact) mass is 357 g/mol. The predicted octanol–water partition coefficient (Wildman–Crippen LogP) is 5.76. The van der Waals surface area contributed by atoms with Crippen LogP contribution < -0.4 is 0 Å². The predicted molar refractivity (Wildman–Crippen MR) is 103 cm³/mol. The molecule has 0 aliphatic heterocycles. The molecule has 4 nitrogen and oxygen atoms in total. The van der Waals surface area contributed by atoms with E-state index in [2.05, 4.69) is 15.0 Å². The van der Waals surface area contributed by atoms with Gasteiger partial charge in [-0.05, 0) is 23.7 Å². The second-order valence-electron chi connectivity index (χ2n) is 5.89. The molecule has 0 radical (unpaired) electrons. The average Bonchev–Trinajstić information content (AvgIpc) is 3.07. The minimum absolute atomic E-state index is 0.165. The number of nitrogens with zero attached hydrogens (tertiary/aromatic N) is 3. The molecular formula is C21H12ClN3O. The van der Waals surface area contributed by atoms with E-state index < -0.39 is 0 Å². The van der Waals surface area contributed by atoms with Crippen LogP contribution in [0.25, 0.3) is 44.7 Å². The summed E-state index contributed by atoms with van der Waals surface area (Å²) in [6.07, 6.45) is 0. The molecule has 0 aliphatic rings. The Hall–Kier alpha value is -3.24. The van der Waals surface area contributed by atoms with Crippen molar-refractivity contribution in [3.63, 3.8) is 0 Å². The summed E-state index contributed by atoms with van der Waals surface area (Å²) in [5.74, 6) is 1.08. The minimum atomic E-state index is 0.165. The van der Waals surface area contributed by atoms with Gasteiger partial charge in [0.2, 0.25) is 5.28 Å². The molecule has 0 unspecified atom stereocenters. The van der Waals surface area contributed by atoms with Crippen LogP contribution in [0, 0.1) is 0 Å². The summed E-state index contributed by atoms with van der Waals surface area (Å²) in [4.78, 5) is 13.3. The Balaban J connectivity index is 1.80. The van der Waals surface area contributed by atoms with Crippen molar-refractivity contribution in [2.24, 2.45) is 0 Å². The first-order valence-electron chi connectivity index (χ1n) is 8.17. The summed E-state index contributed by atoms with van der Waals surface area (Å²) in [6.45, 7) is 0. The van der Waals surface area contributed by atoms with E-state index in [9.17, 15) is 0 Å². The topological polar surface area (TPSA) is 51.8 Å². The van der Waals surface area contributed by atoms with Gasteiger partial charge in [-0.2, -0.15) is 9.97 Å². The number of halogens is 1. The standard InChI is InChI=1S/C21H12ClN3O/c22-21-24-19(13-7-2-1-3-8-13)23-20(25-21)15-10-6-12-17-18(15)14-9-4-5-11-16(14)26-17/h1-12H. The molecule has 5 aromatic rings. The van der Waals surface area contributed by atoms with Crippen LogP contribution in [0.4, 0.5) is 0 Å². The Bertz CT molecular complexity index is 1250. The summed E-state index contributed by atoms with van der Waals surface area (Å²) in [5, 5.41) is 2.17. The molecule has 0 bridgehead atoms. The SMILES string of the molecule is Clc1nc(-c2ccccc2)nc(-c2cccc3oc4ccccc4c23)n1. The summed E-state index contributed by atoms with van der Waals surface area (Å²) in [6, 6.07) is 23.5. The fourth-order valence-corrected chi connectivity index (χ4v) is 3.31. The van der Waals surface area contributed by atoms with E-state index in [1.54, 1.807) is 0 Å². The number of para-hydroxylation sites is 1. The van der Waals surface area contributed by atoms with Gasteiger partial charge >= 0.3 is 0 Å². The Morgan fingerprint density at radius 2 is 1.38 bits per heavy atom. The quantitative estimate of drug-likeness (QED) is 0.403. The largest absolute Gasteiger partial charge is 0.456 e. The van der Waals surface area contributed by atoms with E-state index in [1.165, 1.54) is 0 Å². The van der Waals surface area contributed by atoms with Crippen molar-refractivity contribution in [1.82, 2.24) is 15.0 Å². The van der Waals surface area contributed by atoms with Gasteiger partial charge < -0.3 is 4.42 Å². The minimum Gasteiger partial charge on any atom is -0.456 e. The lowest BCUT2D eigenvalue weighted by Gasteiger charge is -2.06. The summed E-state index contributed by atoms with van der Waals surface area (Å²) in [7, 11) is 0. The van der Waals surface area contributed by atoms with Crippen LogP contribution in [0.15, 0.2) is 77.2 Å². The van der Waals surface area contributed by atoms with Gasteiger partial charge in [0.05, 0.1) is 0 Å². The Kier molecular flexibility index (Phi) is 3.43. The third-order valence-electron chi connectivity index (χ3n) is 4.28. The fourth-order valence-electron chi connectivity index (χ4n) is 3.15. The second-order valence-corrected chi connectivity index (χ2v) is 6.23. The van der Waals surface area contributed by atoms with Crippen LogP contribution in [0.2, 0.25) is 5.28 Å². The van der Waals surface area contributed by atoms with Crippen LogP contribution in [-0.4, -0.2) is 15.0 Å². The number of benzene rings is 3. The number of fused-ring (bicyclic) bond motifs is 3. The Morgan fingerprint density at radius 1 is 0.654 bits per heavy atom. The number of rotatable bonds is 2. The maximum absolute atomic E-state index is 6.21. The van der Waals surface area contributed by atoms with Gasteiger partial charge in [-0.25, -0.2) is 4.98 Å². The highest BCUT2D eigenvalue weighted by atomic mass is 35.5. The molecule has 0 spiro atoms. The highest BCUT2D eigenvalue weighted by Gasteiger charge is 2.16. The molecule has 3 aromatic carbocycles. The van der Waals surface area contributed by atoms with E-state index in [4.69, 9.17) is 16.0 Å².